The van der Waals surface area contributed by atoms with Crippen LogP contribution in [0.2, 0.25) is 5.02 Å². The van der Waals surface area contributed by atoms with Crippen LogP contribution in [0.4, 0.5) is 0 Å². The molecule has 176 valence electrons. The molecule has 2 fully saturated rings. The highest BCUT2D eigenvalue weighted by Gasteiger charge is 2.32. The summed E-state index contributed by atoms with van der Waals surface area (Å²) in [5, 5.41) is 5.43. The molecule has 2 aromatic carbocycles. The summed E-state index contributed by atoms with van der Waals surface area (Å²) < 4.78 is 1.83. The van der Waals surface area contributed by atoms with Gasteiger partial charge in [-0.3, -0.25) is 14.3 Å². The third kappa shape index (κ3) is 4.87. The SMILES string of the molecule is O=C(c1cn(Cc2ccccc2)nc1-c1ccc(Cl)cc1)N1CCC(C(=O)N2CCCC2)CC1. The first-order valence-corrected chi connectivity index (χ1v) is 12.4. The fraction of sp³-hybridized carbons (Fsp3) is 0.370. The van der Waals surface area contributed by atoms with Crippen LogP contribution in [0, 0.1) is 5.92 Å². The fourth-order valence-electron chi connectivity index (χ4n) is 4.95. The number of amides is 2. The molecule has 7 heteroatoms. The number of halogens is 1. The maximum atomic E-state index is 13.6. The highest BCUT2D eigenvalue weighted by atomic mass is 35.5. The van der Waals surface area contributed by atoms with Gasteiger partial charge in [0.2, 0.25) is 5.91 Å². The van der Waals surface area contributed by atoms with Gasteiger partial charge in [0.15, 0.2) is 0 Å². The van der Waals surface area contributed by atoms with Crippen molar-refractivity contribution in [3.8, 4) is 11.3 Å². The Hall–Kier alpha value is -3.12. The van der Waals surface area contributed by atoms with Crippen LogP contribution in [-0.4, -0.2) is 57.6 Å². The standard InChI is InChI=1S/C27H29ClN4O2/c28-23-10-8-21(9-11-23)25-24(19-32(29-25)18-20-6-2-1-3-7-20)27(34)31-16-12-22(13-17-31)26(33)30-14-4-5-15-30/h1-3,6-11,19,22H,4-5,12-18H2. The second kappa shape index (κ2) is 10.0. The predicted octanol–water partition coefficient (Wildman–Crippen LogP) is 4.73. The third-order valence-electron chi connectivity index (χ3n) is 6.85. The van der Waals surface area contributed by atoms with E-state index in [1.165, 1.54) is 0 Å². The van der Waals surface area contributed by atoms with Crippen molar-refractivity contribution in [2.45, 2.75) is 32.2 Å². The van der Waals surface area contributed by atoms with E-state index in [0.29, 0.717) is 35.9 Å². The first-order valence-electron chi connectivity index (χ1n) is 12.0. The molecule has 2 amide bonds. The van der Waals surface area contributed by atoms with Crippen LogP contribution in [0.5, 0.6) is 0 Å². The zero-order valence-electron chi connectivity index (χ0n) is 19.2. The zero-order valence-corrected chi connectivity index (χ0v) is 20.0. The van der Waals surface area contributed by atoms with E-state index < -0.39 is 0 Å². The molecule has 34 heavy (non-hydrogen) atoms. The smallest absolute Gasteiger partial charge is 0.257 e. The summed E-state index contributed by atoms with van der Waals surface area (Å²) in [6.07, 6.45) is 5.48. The average molecular weight is 477 g/mol. The normalized spacial score (nSPS) is 16.7. The predicted molar refractivity (Wildman–Crippen MR) is 133 cm³/mol. The van der Waals surface area contributed by atoms with Crippen molar-refractivity contribution in [3.63, 3.8) is 0 Å². The van der Waals surface area contributed by atoms with Crippen LogP contribution in [0.25, 0.3) is 11.3 Å². The summed E-state index contributed by atoms with van der Waals surface area (Å²) >= 11 is 6.09. The van der Waals surface area contributed by atoms with Gasteiger partial charge in [0.1, 0.15) is 5.69 Å². The second-order valence-corrected chi connectivity index (χ2v) is 9.62. The largest absolute Gasteiger partial charge is 0.342 e. The summed E-state index contributed by atoms with van der Waals surface area (Å²) in [6, 6.07) is 17.5. The number of piperidine rings is 1. The van der Waals surface area contributed by atoms with E-state index in [1.54, 1.807) is 0 Å². The molecule has 2 aliphatic heterocycles. The Morgan fingerprint density at radius 3 is 2.24 bits per heavy atom. The molecule has 0 N–H and O–H groups in total. The van der Waals surface area contributed by atoms with Crippen LogP contribution in [0.1, 0.15) is 41.6 Å². The van der Waals surface area contributed by atoms with Crippen LogP contribution in [0.15, 0.2) is 60.8 Å². The molecule has 3 heterocycles. The molecule has 2 aliphatic rings. The van der Waals surface area contributed by atoms with Crippen molar-refractivity contribution in [1.82, 2.24) is 19.6 Å². The molecule has 1 aromatic heterocycles. The number of likely N-dealkylation sites (tertiary alicyclic amines) is 2. The lowest BCUT2D eigenvalue weighted by Crippen LogP contribution is -2.43. The quantitative estimate of drug-likeness (QED) is 0.535. The Kier molecular flexibility index (Phi) is 6.68. The van der Waals surface area contributed by atoms with Gasteiger partial charge in [-0.2, -0.15) is 5.10 Å². The third-order valence-corrected chi connectivity index (χ3v) is 7.10. The number of benzene rings is 2. The Labute approximate surface area is 205 Å². The molecular weight excluding hydrogens is 448 g/mol. The Bertz CT molecular complexity index is 1150. The van der Waals surface area contributed by atoms with Crippen molar-refractivity contribution in [3.05, 3.63) is 76.9 Å². The minimum Gasteiger partial charge on any atom is -0.342 e. The van der Waals surface area contributed by atoms with Gasteiger partial charge in [-0.15, -0.1) is 0 Å². The fourth-order valence-corrected chi connectivity index (χ4v) is 5.07. The summed E-state index contributed by atoms with van der Waals surface area (Å²) in [7, 11) is 0. The number of rotatable bonds is 5. The van der Waals surface area contributed by atoms with Gasteiger partial charge in [-0.1, -0.05) is 54.1 Å². The summed E-state index contributed by atoms with van der Waals surface area (Å²) in [5.74, 6) is 0.261. The number of hydrogen-bond donors (Lipinski definition) is 0. The molecule has 6 nitrogen and oxygen atoms in total. The maximum absolute atomic E-state index is 13.6. The number of carbonyl (C=O) groups excluding carboxylic acids is 2. The van der Waals surface area contributed by atoms with E-state index >= 15 is 0 Å². The Balaban J connectivity index is 1.35. The van der Waals surface area contributed by atoms with Crippen LogP contribution >= 0.6 is 11.6 Å². The number of carbonyl (C=O) groups is 2. The van der Waals surface area contributed by atoms with E-state index in [2.05, 4.69) is 0 Å². The summed E-state index contributed by atoms with van der Waals surface area (Å²) in [5.41, 5.74) is 3.22. The van der Waals surface area contributed by atoms with E-state index in [9.17, 15) is 9.59 Å². The average Bonchev–Trinajstić information content (AvgIpc) is 3.55. The van der Waals surface area contributed by atoms with Gasteiger partial charge >= 0.3 is 0 Å². The minimum absolute atomic E-state index is 0.0266. The molecule has 0 atom stereocenters. The molecule has 0 spiro atoms. The molecule has 3 aromatic rings. The molecule has 0 unspecified atom stereocenters. The van der Waals surface area contributed by atoms with E-state index in [4.69, 9.17) is 16.7 Å². The van der Waals surface area contributed by atoms with Crippen molar-refractivity contribution >= 4 is 23.4 Å². The molecular formula is C27H29ClN4O2. The maximum Gasteiger partial charge on any atom is 0.257 e. The van der Waals surface area contributed by atoms with Crippen molar-refractivity contribution < 1.29 is 9.59 Å². The number of nitrogens with zero attached hydrogens (tertiary/aromatic N) is 4. The molecule has 0 saturated carbocycles. The van der Waals surface area contributed by atoms with E-state index in [0.717, 1.165) is 49.9 Å². The lowest BCUT2D eigenvalue weighted by Gasteiger charge is -2.33. The van der Waals surface area contributed by atoms with E-state index in [1.807, 2.05) is 75.3 Å². The zero-order chi connectivity index (χ0) is 23.5. The summed E-state index contributed by atoms with van der Waals surface area (Å²) in [4.78, 5) is 30.3. The minimum atomic E-state index is -0.0312. The van der Waals surface area contributed by atoms with Crippen molar-refractivity contribution in [1.29, 1.82) is 0 Å². The van der Waals surface area contributed by atoms with Gasteiger partial charge in [-0.05, 0) is 43.4 Å². The number of hydrogen-bond acceptors (Lipinski definition) is 3. The van der Waals surface area contributed by atoms with Crippen LogP contribution in [-0.2, 0) is 11.3 Å². The lowest BCUT2D eigenvalue weighted by atomic mass is 9.94. The molecule has 0 bridgehead atoms. The highest BCUT2D eigenvalue weighted by Crippen LogP contribution is 2.28. The topological polar surface area (TPSA) is 58.4 Å². The second-order valence-electron chi connectivity index (χ2n) is 9.18. The van der Waals surface area contributed by atoms with Crippen molar-refractivity contribution in [2.24, 2.45) is 5.92 Å². The van der Waals surface area contributed by atoms with Gasteiger partial charge in [0, 0.05) is 48.9 Å². The van der Waals surface area contributed by atoms with Crippen molar-refractivity contribution in [2.75, 3.05) is 26.2 Å². The molecule has 2 saturated heterocycles. The van der Waals surface area contributed by atoms with E-state index in [-0.39, 0.29) is 17.7 Å². The van der Waals surface area contributed by atoms with Gasteiger partial charge in [-0.25, -0.2) is 0 Å². The van der Waals surface area contributed by atoms with Gasteiger partial charge in [0.25, 0.3) is 5.91 Å². The first kappa shape index (κ1) is 22.7. The lowest BCUT2D eigenvalue weighted by molar-refractivity contribution is -0.135. The Morgan fingerprint density at radius 2 is 1.56 bits per heavy atom. The number of aromatic nitrogens is 2. The van der Waals surface area contributed by atoms with Gasteiger partial charge in [0.05, 0.1) is 12.1 Å². The Morgan fingerprint density at radius 1 is 0.882 bits per heavy atom. The van der Waals surface area contributed by atoms with Crippen LogP contribution in [0.3, 0.4) is 0 Å². The first-order chi connectivity index (χ1) is 16.6. The monoisotopic (exact) mass is 476 g/mol. The highest BCUT2D eigenvalue weighted by molar-refractivity contribution is 6.30. The van der Waals surface area contributed by atoms with Gasteiger partial charge < -0.3 is 9.80 Å². The summed E-state index contributed by atoms with van der Waals surface area (Å²) in [6.45, 7) is 3.52. The molecule has 5 rings (SSSR count). The molecule has 0 radical (unpaired) electrons. The van der Waals surface area contributed by atoms with Crippen LogP contribution < -0.4 is 0 Å². The molecule has 0 aliphatic carbocycles.